The molecule has 0 saturated carbocycles. The lowest BCUT2D eigenvalue weighted by atomic mass is 10.1. The highest BCUT2D eigenvalue weighted by Crippen LogP contribution is 2.23. The van der Waals surface area contributed by atoms with Crippen LogP contribution in [0.3, 0.4) is 0 Å². The van der Waals surface area contributed by atoms with Crippen molar-refractivity contribution in [1.82, 2.24) is 14.5 Å². The van der Waals surface area contributed by atoms with Crippen LogP contribution in [0.2, 0.25) is 10.0 Å². The molecular formula is C17H13Cl2N3O3S. The highest BCUT2D eigenvalue weighted by atomic mass is 35.5. The van der Waals surface area contributed by atoms with Gasteiger partial charge in [-0.2, -0.15) is 0 Å². The number of carbonyl (C=O) groups excluding carboxylic acids is 1. The van der Waals surface area contributed by atoms with Crippen molar-refractivity contribution in [3.8, 4) is 0 Å². The summed E-state index contributed by atoms with van der Waals surface area (Å²) in [6.45, 7) is 1.87. The van der Waals surface area contributed by atoms with Gasteiger partial charge in [0.25, 0.3) is 5.56 Å². The van der Waals surface area contributed by atoms with Crippen LogP contribution in [0.4, 0.5) is 0 Å². The van der Waals surface area contributed by atoms with Crippen LogP contribution in [-0.2, 0) is 11.3 Å². The Balaban J connectivity index is 2.25. The zero-order valence-electron chi connectivity index (χ0n) is 13.8. The number of methoxy groups -OCH3 is 1. The number of hydrogen-bond donors (Lipinski definition) is 1. The van der Waals surface area contributed by atoms with E-state index in [1.165, 1.54) is 17.7 Å². The van der Waals surface area contributed by atoms with Gasteiger partial charge in [-0.25, -0.2) is 9.78 Å². The Morgan fingerprint density at radius 1 is 1.31 bits per heavy atom. The molecule has 0 unspecified atom stereocenters. The van der Waals surface area contributed by atoms with Crippen molar-refractivity contribution in [2.75, 3.05) is 7.11 Å². The van der Waals surface area contributed by atoms with Crippen LogP contribution in [0.15, 0.2) is 29.1 Å². The Hall–Kier alpha value is -2.22. The second-order valence-corrected chi connectivity index (χ2v) is 6.80. The summed E-state index contributed by atoms with van der Waals surface area (Å²) in [5.74, 6) is -0.621. The summed E-state index contributed by atoms with van der Waals surface area (Å²) in [4.78, 5) is 32.3. The zero-order chi connectivity index (χ0) is 19.0. The standard InChI is InChI=1S/C17H13Cl2N3O3S/c1-8-5-10(16(24)25-2)13-14(20-8)21-17(26)22(15(13)23)7-9-3-4-11(18)12(19)6-9/h3-6H,7H2,1-2H3,(H,20,21,26). The second kappa shape index (κ2) is 7.19. The van der Waals surface area contributed by atoms with Crippen molar-refractivity contribution in [1.29, 1.82) is 0 Å². The molecule has 0 aliphatic carbocycles. The van der Waals surface area contributed by atoms with Gasteiger partial charge in [0.2, 0.25) is 0 Å². The summed E-state index contributed by atoms with van der Waals surface area (Å²) < 4.78 is 6.30. The quantitative estimate of drug-likeness (QED) is 0.524. The minimum absolute atomic E-state index is 0.121. The highest BCUT2D eigenvalue weighted by molar-refractivity contribution is 7.71. The van der Waals surface area contributed by atoms with Crippen LogP contribution >= 0.6 is 35.4 Å². The molecule has 1 aromatic carbocycles. The summed E-state index contributed by atoms with van der Waals surface area (Å²) in [5, 5.41) is 0.913. The molecule has 0 aliphatic rings. The van der Waals surface area contributed by atoms with Gasteiger partial charge in [-0.15, -0.1) is 0 Å². The van der Waals surface area contributed by atoms with E-state index >= 15 is 0 Å². The minimum Gasteiger partial charge on any atom is -0.465 e. The van der Waals surface area contributed by atoms with Gasteiger partial charge in [-0.3, -0.25) is 9.36 Å². The predicted octanol–water partition coefficient (Wildman–Crippen LogP) is 3.90. The molecule has 9 heteroatoms. The number of rotatable bonds is 3. The zero-order valence-corrected chi connectivity index (χ0v) is 16.1. The molecule has 0 saturated heterocycles. The first-order chi connectivity index (χ1) is 12.3. The molecule has 0 fully saturated rings. The molecule has 0 bridgehead atoms. The number of pyridine rings is 1. The lowest BCUT2D eigenvalue weighted by molar-refractivity contribution is 0.0602. The van der Waals surface area contributed by atoms with Gasteiger partial charge in [-0.05, 0) is 42.9 Å². The first-order valence-corrected chi connectivity index (χ1v) is 8.65. The molecule has 2 aromatic heterocycles. The van der Waals surface area contributed by atoms with E-state index < -0.39 is 11.5 Å². The number of halogens is 2. The molecule has 26 heavy (non-hydrogen) atoms. The van der Waals surface area contributed by atoms with Crippen molar-refractivity contribution in [2.45, 2.75) is 13.5 Å². The van der Waals surface area contributed by atoms with Crippen LogP contribution in [0.25, 0.3) is 11.0 Å². The number of aryl methyl sites for hydroxylation is 1. The summed E-state index contributed by atoms with van der Waals surface area (Å²) >= 11 is 17.3. The minimum atomic E-state index is -0.621. The van der Waals surface area contributed by atoms with E-state index in [-0.39, 0.29) is 27.9 Å². The van der Waals surface area contributed by atoms with Crippen LogP contribution in [-0.4, -0.2) is 27.6 Å². The first-order valence-electron chi connectivity index (χ1n) is 7.48. The average molecular weight is 410 g/mol. The van der Waals surface area contributed by atoms with Crippen LogP contribution in [0, 0.1) is 11.7 Å². The summed E-state index contributed by atoms with van der Waals surface area (Å²) in [7, 11) is 1.25. The Morgan fingerprint density at radius 2 is 2.04 bits per heavy atom. The van der Waals surface area contributed by atoms with Crippen molar-refractivity contribution in [3.05, 3.63) is 66.3 Å². The Kier molecular flexibility index (Phi) is 5.13. The third-order valence-electron chi connectivity index (χ3n) is 3.81. The maximum atomic E-state index is 13.0. The number of hydrogen-bond acceptors (Lipinski definition) is 5. The monoisotopic (exact) mass is 409 g/mol. The van der Waals surface area contributed by atoms with Crippen molar-refractivity contribution in [2.24, 2.45) is 0 Å². The second-order valence-electron chi connectivity index (χ2n) is 5.60. The molecule has 6 nitrogen and oxygen atoms in total. The maximum absolute atomic E-state index is 13.0. The molecule has 0 radical (unpaired) electrons. The van der Waals surface area contributed by atoms with Gasteiger partial charge in [-0.1, -0.05) is 29.3 Å². The van der Waals surface area contributed by atoms with Gasteiger partial charge < -0.3 is 9.72 Å². The third kappa shape index (κ3) is 3.38. The SMILES string of the molecule is COC(=O)c1cc(C)nc2[nH]c(=S)n(Cc3ccc(Cl)c(Cl)c3)c(=O)c12. The molecule has 0 atom stereocenters. The first kappa shape index (κ1) is 18.6. The van der Waals surface area contributed by atoms with E-state index in [0.29, 0.717) is 15.7 Å². The number of nitrogens with one attached hydrogen (secondary N) is 1. The van der Waals surface area contributed by atoms with E-state index in [4.69, 9.17) is 40.2 Å². The number of H-pyrrole nitrogens is 1. The number of aromatic nitrogens is 3. The van der Waals surface area contributed by atoms with Gasteiger partial charge in [0.05, 0.1) is 34.6 Å². The smallest absolute Gasteiger partial charge is 0.338 e. The largest absolute Gasteiger partial charge is 0.465 e. The fourth-order valence-corrected chi connectivity index (χ4v) is 3.18. The Morgan fingerprint density at radius 3 is 2.69 bits per heavy atom. The number of benzene rings is 1. The maximum Gasteiger partial charge on any atom is 0.338 e. The van der Waals surface area contributed by atoms with Crippen LogP contribution in [0.5, 0.6) is 0 Å². The number of ether oxygens (including phenoxy) is 1. The Bertz CT molecular complexity index is 1150. The average Bonchev–Trinajstić information content (AvgIpc) is 2.59. The van der Waals surface area contributed by atoms with Gasteiger partial charge in [0.15, 0.2) is 4.77 Å². The van der Waals surface area contributed by atoms with E-state index in [0.717, 1.165) is 5.56 Å². The fraction of sp³-hybridized carbons (Fsp3) is 0.176. The van der Waals surface area contributed by atoms with Crippen molar-refractivity contribution >= 4 is 52.4 Å². The lowest BCUT2D eigenvalue weighted by Crippen LogP contribution is -2.25. The topological polar surface area (TPSA) is 77.0 Å². The number of aromatic amines is 1. The summed E-state index contributed by atoms with van der Waals surface area (Å²) in [5.41, 5.74) is 1.23. The molecule has 0 aliphatic heterocycles. The number of carbonyl (C=O) groups is 1. The molecule has 1 N–H and O–H groups in total. The highest BCUT2D eigenvalue weighted by Gasteiger charge is 2.18. The van der Waals surface area contributed by atoms with E-state index in [2.05, 4.69) is 9.97 Å². The molecule has 0 spiro atoms. The number of fused-ring (bicyclic) bond motifs is 1. The van der Waals surface area contributed by atoms with E-state index in [1.807, 2.05) is 0 Å². The predicted molar refractivity (Wildman–Crippen MR) is 103 cm³/mol. The molecule has 2 heterocycles. The third-order valence-corrected chi connectivity index (χ3v) is 4.87. The normalized spacial score (nSPS) is 10.9. The van der Waals surface area contributed by atoms with Crippen LogP contribution < -0.4 is 5.56 Å². The molecule has 134 valence electrons. The van der Waals surface area contributed by atoms with Gasteiger partial charge in [0.1, 0.15) is 5.65 Å². The number of nitrogens with zero attached hydrogens (tertiary/aromatic N) is 2. The van der Waals surface area contributed by atoms with Crippen LogP contribution in [0.1, 0.15) is 21.6 Å². The molecular weight excluding hydrogens is 397 g/mol. The van der Waals surface area contributed by atoms with Gasteiger partial charge in [0, 0.05) is 5.69 Å². The van der Waals surface area contributed by atoms with E-state index in [1.54, 1.807) is 25.1 Å². The fourth-order valence-electron chi connectivity index (χ4n) is 2.61. The van der Waals surface area contributed by atoms with Crippen molar-refractivity contribution < 1.29 is 9.53 Å². The molecule has 3 aromatic rings. The van der Waals surface area contributed by atoms with Crippen molar-refractivity contribution in [3.63, 3.8) is 0 Å². The number of esters is 1. The molecule has 0 amide bonds. The summed E-state index contributed by atoms with van der Waals surface area (Å²) in [6.07, 6.45) is 0. The molecule has 3 rings (SSSR count). The Labute approximate surface area is 163 Å². The van der Waals surface area contributed by atoms with E-state index in [9.17, 15) is 9.59 Å². The summed E-state index contributed by atoms with van der Waals surface area (Å²) in [6, 6.07) is 6.55. The van der Waals surface area contributed by atoms with Gasteiger partial charge >= 0.3 is 5.97 Å². The lowest BCUT2D eigenvalue weighted by Gasteiger charge is -2.11.